The molecule has 3 heterocycles. The third kappa shape index (κ3) is 3.41. The average molecular weight is 575 g/mol. The molecule has 45 heavy (non-hydrogen) atoms. The zero-order valence-electron chi connectivity index (χ0n) is 24.3. The molecule has 0 saturated carbocycles. The second kappa shape index (κ2) is 9.22. The van der Waals surface area contributed by atoms with Gasteiger partial charge in [-0.3, -0.25) is 0 Å². The van der Waals surface area contributed by atoms with Crippen molar-refractivity contribution in [3.63, 3.8) is 0 Å². The molecule has 10 rings (SSSR count). The van der Waals surface area contributed by atoms with Crippen molar-refractivity contribution in [2.24, 2.45) is 0 Å². The molecule has 0 unspecified atom stereocenters. The number of hydrogen-bond acceptors (Lipinski definition) is 1. The first kappa shape index (κ1) is 24.4. The predicted octanol–water partition coefficient (Wildman–Crippen LogP) is 11.4. The molecule has 0 bridgehead atoms. The molecule has 0 aliphatic rings. The number of furan rings is 1. The highest BCUT2D eigenvalue weighted by Gasteiger charge is 2.21. The summed E-state index contributed by atoms with van der Waals surface area (Å²) < 4.78 is 11.3. The van der Waals surface area contributed by atoms with Crippen LogP contribution in [0.2, 0.25) is 0 Å². The lowest BCUT2D eigenvalue weighted by atomic mass is 10.0. The lowest BCUT2D eigenvalue weighted by molar-refractivity contribution is 0.670. The van der Waals surface area contributed by atoms with Crippen LogP contribution in [0.15, 0.2) is 162 Å². The molecular formula is C42H26N2O. The zero-order chi connectivity index (χ0) is 29.5. The van der Waals surface area contributed by atoms with Crippen molar-refractivity contribution >= 4 is 65.6 Å². The molecular weight excluding hydrogens is 548 g/mol. The molecule has 3 heteroatoms. The van der Waals surface area contributed by atoms with Crippen molar-refractivity contribution in [2.75, 3.05) is 0 Å². The Hall–Kier alpha value is -6.06. The van der Waals surface area contributed by atoms with Crippen LogP contribution in [0.3, 0.4) is 0 Å². The fraction of sp³-hybridized carbons (Fsp3) is 0. The number of benzene rings is 7. The Morgan fingerprint density at radius 1 is 0.378 bits per heavy atom. The van der Waals surface area contributed by atoms with Gasteiger partial charge in [0.2, 0.25) is 0 Å². The van der Waals surface area contributed by atoms with Gasteiger partial charge in [0.15, 0.2) is 0 Å². The van der Waals surface area contributed by atoms with Gasteiger partial charge in [-0.2, -0.15) is 0 Å². The van der Waals surface area contributed by atoms with E-state index in [2.05, 4.69) is 155 Å². The molecule has 0 N–H and O–H groups in total. The maximum absolute atomic E-state index is 6.45. The minimum absolute atomic E-state index is 0.912. The van der Waals surface area contributed by atoms with E-state index in [1.165, 1.54) is 43.6 Å². The number of hydrogen-bond donors (Lipinski definition) is 0. The fourth-order valence-corrected chi connectivity index (χ4v) is 7.40. The van der Waals surface area contributed by atoms with E-state index >= 15 is 0 Å². The largest absolute Gasteiger partial charge is 0.455 e. The first-order valence-corrected chi connectivity index (χ1v) is 15.4. The topological polar surface area (TPSA) is 23.0 Å². The number of fused-ring (bicyclic) bond motifs is 10. The third-order valence-electron chi connectivity index (χ3n) is 9.30. The fourth-order valence-electron chi connectivity index (χ4n) is 7.40. The van der Waals surface area contributed by atoms with Gasteiger partial charge in [0.1, 0.15) is 11.2 Å². The molecule has 0 radical (unpaired) electrons. The van der Waals surface area contributed by atoms with Gasteiger partial charge >= 0.3 is 0 Å². The van der Waals surface area contributed by atoms with E-state index in [-0.39, 0.29) is 0 Å². The Morgan fingerprint density at radius 2 is 0.933 bits per heavy atom. The molecule has 0 amide bonds. The van der Waals surface area contributed by atoms with E-state index in [4.69, 9.17) is 4.42 Å². The Morgan fingerprint density at radius 3 is 1.67 bits per heavy atom. The van der Waals surface area contributed by atoms with Crippen LogP contribution < -0.4 is 0 Å². The van der Waals surface area contributed by atoms with Crippen LogP contribution >= 0.6 is 0 Å². The summed E-state index contributed by atoms with van der Waals surface area (Å²) in [5.74, 6) is 0. The van der Waals surface area contributed by atoms with Crippen LogP contribution in [-0.4, -0.2) is 9.13 Å². The summed E-state index contributed by atoms with van der Waals surface area (Å²) in [6, 6.07) is 56.5. The van der Waals surface area contributed by atoms with Crippen LogP contribution in [0.25, 0.3) is 88.1 Å². The monoisotopic (exact) mass is 574 g/mol. The lowest BCUT2D eigenvalue weighted by Gasteiger charge is -2.13. The van der Waals surface area contributed by atoms with Crippen LogP contribution in [0.4, 0.5) is 0 Å². The maximum Gasteiger partial charge on any atom is 0.143 e. The van der Waals surface area contributed by atoms with Gasteiger partial charge in [0.05, 0.1) is 22.1 Å². The van der Waals surface area contributed by atoms with E-state index in [0.29, 0.717) is 0 Å². The first-order valence-electron chi connectivity index (χ1n) is 15.4. The highest BCUT2D eigenvalue weighted by atomic mass is 16.3. The minimum atomic E-state index is 0.912. The number of nitrogens with zero attached hydrogens (tertiary/aromatic N) is 2. The Labute approximate surface area is 258 Å². The van der Waals surface area contributed by atoms with Gasteiger partial charge in [-0.05, 0) is 48.0 Å². The number of aromatic nitrogens is 2. The van der Waals surface area contributed by atoms with Gasteiger partial charge in [-0.1, -0.05) is 115 Å². The Bertz CT molecular complexity index is 2760. The van der Waals surface area contributed by atoms with E-state index in [1.54, 1.807) is 0 Å². The third-order valence-corrected chi connectivity index (χ3v) is 9.30. The lowest BCUT2D eigenvalue weighted by Crippen LogP contribution is -1.98. The van der Waals surface area contributed by atoms with Crippen molar-refractivity contribution in [1.82, 2.24) is 9.13 Å². The Kier molecular flexibility index (Phi) is 5.00. The van der Waals surface area contributed by atoms with Crippen LogP contribution in [0, 0.1) is 0 Å². The summed E-state index contributed by atoms with van der Waals surface area (Å²) in [4.78, 5) is 0. The molecule has 0 fully saturated rings. The summed E-state index contributed by atoms with van der Waals surface area (Å²) >= 11 is 0. The second-order valence-electron chi connectivity index (χ2n) is 11.7. The minimum Gasteiger partial charge on any atom is -0.455 e. The van der Waals surface area contributed by atoms with Crippen molar-refractivity contribution < 1.29 is 4.42 Å². The molecule has 0 aliphatic heterocycles. The van der Waals surface area contributed by atoms with Gasteiger partial charge in [0.25, 0.3) is 0 Å². The molecule has 210 valence electrons. The van der Waals surface area contributed by atoms with Crippen molar-refractivity contribution in [3.8, 4) is 22.5 Å². The van der Waals surface area contributed by atoms with Crippen molar-refractivity contribution in [2.45, 2.75) is 0 Å². The van der Waals surface area contributed by atoms with Crippen LogP contribution in [0.1, 0.15) is 0 Å². The standard InChI is InChI=1S/C42H26N2O/c1-2-13-28(14-3-1)43-37-21-7-4-16-31(37)34-24-25-35-32-17-5-8-22-38(32)44(41(35)40(34)43)29-15-10-12-27(26-29)30-19-11-20-36-33-18-6-9-23-39(33)45-42(30)36/h1-26H. The molecule has 0 saturated heterocycles. The molecule has 0 aliphatic carbocycles. The van der Waals surface area contributed by atoms with Gasteiger partial charge in [-0.15, -0.1) is 0 Å². The Balaban J connectivity index is 1.33. The second-order valence-corrected chi connectivity index (χ2v) is 11.7. The molecule has 10 aromatic rings. The van der Waals surface area contributed by atoms with Gasteiger partial charge in [-0.25, -0.2) is 0 Å². The molecule has 3 aromatic heterocycles. The predicted molar refractivity (Wildman–Crippen MR) is 188 cm³/mol. The number of para-hydroxylation sites is 5. The molecule has 3 nitrogen and oxygen atoms in total. The molecule has 0 atom stereocenters. The van der Waals surface area contributed by atoms with E-state index in [9.17, 15) is 0 Å². The summed E-state index contributed by atoms with van der Waals surface area (Å²) in [5.41, 5.74) is 11.1. The van der Waals surface area contributed by atoms with E-state index in [0.717, 1.165) is 44.4 Å². The summed E-state index contributed by atoms with van der Waals surface area (Å²) in [6.07, 6.45) is 0. The quantitative estimate of drug-likeness (QED) is 0.206. The summed E-state index contributed by atoms with van der Waals surface area (Å²) in [5, 5.41) is 7.25. The van der Waals surface area contributed by atoms with E-state index in [1.807, 2.05) is 12.1 Å². The smallest absolute Gasteiger partial charge is 0.143 e. The highest BCUT2D eigenvalue weighted by molar-refractivity contribution is 6.24. The van der Waals surface area contributed by atoms with Crippen molar-refractivity contribution in [1.29, 1.82) is 0 Å². The SMILES string of the molecule is c1ccc(-n2c3ccccc3c3ccc4c5ccccc5n(-c5cccc(-c6cccc7c6oc6ccccc67)c5)c4c32)cc1. The molecule has 0 spiro atoms. The maximum atomic E-state index is 6.45. The molecule has 7 aromatic carbocycles. The van der Waals surface area contributed by atoms with Crippen molar-refractivity contribution in [3.05, 3.63) is 158 Å². The highest BCUT2D eigenvalue weighted by Crippen LogP contribution is 2.42. The summed E-state index contributed by atoms with van der Waals surface area (Å²) in [6.45, 7) is 0. The van der Waals surface area contributed by atoms with Gasteiger partial charge in [0, 0.05) is 49.3 Å². The van der Waals surface area contributed by atoms with E-state index < -0.39 is 0 Å². The number of rotatable bonds is 3. The normalized spacial score (nSPS) is 12.0. The first-order chi connectivity index (χ1) is 22.3. The summed E-state index contributed by atoms with van der Waals surface area (Å²) in [7, 11) is 0. The van der Waals surface area contributed by atoms with Gasteiger partial charge < -0.3 is 13.6 Å². The van der Waals surface area contributed by atoms with Crippen LogP contribution in [0.5, 0.6) is 0 Å². The zero-order valence-corrected chi connectivity index (χ0v) is 24.3. The van der Waals surface area contributed by atoms with Crippen LogP contribution in [-0.2, 0) is 0 Å². The average Bonchev–Trinajstić information content (AvgIpc) is 3.76.